The first kappa shape index (κ1) is 14.3. The van der Waals surface area contributed by atoms with E-state index < -0.39 is 11.6 Å². The van der Waals surface area contributed by atoms with Crippen molar-refractivity contribution in [2.45, 2.75) is 19.5 Å². The third-order valence-electron chi connectivity index (χ3n) is 3.25. The molecule has 4 heteroatoms. The summed E-state index contributed by atoms with van der Waals surface area (Å²) in [5.74, 6) is -0.133. The van der Waals surface area contributed by atoms with Crippen molar-refractivity contribution in [2.24, 2.45) is 0 Å². The minimum absolute atomic E-state index is 0.156. The molecule has 0 heterocycles. The van der Waals surface area contributed by atoms with Gasteiger partial charge in [-0.3, -0.25) is 0 Å². The van der Waals surface area contributed by atoms with E-state index in [1.165, 1.54) is 6.92 Å². The highest BCUT2D eigenvalue weighted by molar-refractivity contribution is 5.87. The summed E-state index contributed by atoms with van der Waals surface area (Å²) in [6.07, 6.45) is 0. The van der Waals surface area contributed by atoms with Gasteiger partial charge < -0.3 is 9.47 Å². The molecule has 0 fully saturated rings. The van der Waals surface area contributed by atoms with Crippen molar-refractivity contribution in [1.82, 2.24) is 0 Å². The zero-order chi connectivity index (χ0) is 14.8. The first-order valence-electron chi connectivity index (χ1n) is 6.43. The van der Waals surface area contributed by atoms with Gasteiger partial charge >= 0.3 is 5.97 Å². The van der Waals surface area contributed by atoms with Gasteiger partial charge in [0.15, 0.2) is 0 Å². The second-order valence-corrected chi connectivity index (χ2v) is 4.65. The molecular weight excluding hydrogens is 259 g/mol. The van der Waals surface area contributed by atoms with Crippen molar-refractivity contribution >= 4 is 16.7 Å². The molecule has 0 aliphatic carbocycles. The summed E-state index contributed by atoms with van der Waals surface area (Å²) in [7, 11) is 1.59. The molecule has 0 saturated heterocycles. The molecule has 0 saturated carbocycles. The van der Waals surface area contributed by atoms with E-state index in [9.17, 15) is 9.18 Å². The summed E-state index contributed by atoms with van der Waals surface area (Å²) < 4.78 is 24.5. The Labute approximate surface area is 117 Å². The van der Waals surface area contributed by atoms with Gasteiger partial charge in [-0.1, -0.05) is 18.2 Å². The van der Waals surface area contributed by atoms with Gasteiger partial charge in [0.05, 0.1) is 13.7 Å². The molecule has 0 amide bonds. The van der Waals surface area contributed by atoms with Crippen LogP contribution in [0, 0.1) is 0 Å². The lowest BCUT2D eigenvalue weighted by atomic mass is 9.95. The molecule has 0 radical (unpaired) electrons. The predicted molar refractivity (Wildman–Crippen MR) is 75.6 cm³/mol. The number of methoxy groups -OCH3 is 1. The van der Waals surface area contributed by atoms with Crippen LogP contribution in [-0.2, 0) is 15.2 Å². The molecule has 0 unspecified atom stereocenters. The van der Waals surface area contributed by atoms with E-state index in [1.807, 2.05) is 12.1 Å². The molecule has 2 rings (SSSR count). The van der Waals surface area contributed by atoms with Gasteiger partial charge in [0.2, 0.25) is 5.67 Å². The van der Waals surface area contributed by atoms with Crippen molar-refractivity contribution in [3.8, 4) is 5.75 Å². The first-order chi connectivity index (χ1) is 9.48. The molecule has 0 aliphatic heterocycles. The summed E-state index contributed by atoms with van der Waals surface area (Å²) in [5, 5.41) is 1.77. The molecule has 3 nitrogen and oxygen atoms in total. The smallest absolute Gasteiger partial charge is 0.348 e. The minimum Gasteiger partial charge on any atom is -0.497 e. The highest BCUT2D eigenvalue weighted by Gasteiger charge is 2.36. The lowest BCUT2D eigenvalue weighted by Crippen LogP contribution is -2.29. The molecule has 0 aromatic heterocycles. The monoisotopic (exact) mass is 276 g/mol. The number of rotatable bonds is 4. The van der Waals surface area contributed by atoms with Gasteiger partial charge in [0.1, 0.15) is 5.75 Å². The number of ether oxygens (including phenoxy) is 2. The average Bonchev–Trinajstić information content (AvgIpc) is 2.46. The fourth-order valence-electron chi connectivity index (χ4n) is 2.03. The predicted octanol–water partition coefficient (Wildman–Crippen LogP) is 3.60. The lowest BCUT2D eigenvalue weighted by Gasteiger charge is -2.19. The van der Waals surface area contributed by atoms with E-state index in [4.69, 9.17) is 9.47 Å². The SMILES string of the molecule is CCOC(=O)[C@](C)(F)c1ccc2cc(OC)ccc2c1. The Morgan fingerprint density at radius 3 is 2.50 bits per heavy atom. The Balaban J connectivity index is 2.43. The number of benzene rings is 2. The largest absolute Gasteiger partial charge is 0.497 e. The van der Waals surface area contributed by atoms with Crippen LogP contribution in [-0.4, -0.2) is 19.7 Å². The van der Waals surface area contributed by atoms with Crippen LogP contribution in [0.4, 0.5) is 4.39 Å². The van der Waals surface area contributed by atoms with Crippen LogP contribution in [0.5, 0.6) is 5.75 Å². The summed E-state index contributed by atoms with van der Waals surface area (Å²) >= 11 is 0. The maximum atomic E-state index is 14.6. The van der Waals surface area contributed by atoms with E-state index >= 15 is 0 Å². The number of fused-ring (bicyclic) bond motifs is 1. The van der Waals surface area contributed by atoms with Crippen LogP contribution < -0.4 is 4.74 Å². The maximum absolute atomic E-state index is 14.6. The Hall–Kier alpha value is -2.10. The third-order valence-corrected chi connectivity index (χ3v) is 3.25. The zero-order valence-electron chi connectivity index (χ0n) is 11.8. The van der Waals surface area contributed by atoms with Crippen molar-refractivity contribution in [2.75, 3.05) is 13.7 Å². The van der Waals surface area contributed by atoms with E-state index in [1.54, 1.807) is 38.3 Å². The van der Waals surface area contributed by atoms with Crippen LogP contribution >= 0.6 is 0 Å². The van der Waals surface area contributed by atoms with Crippen molar-refractivity contribution in [1.29, 1.82) is 0 Å². The Morgan fingerprint density at radius 2 is 1.85 bits per heavy atom. The zero-order valence-corrected chi connectivity index (χ0v) is 11.8. The molecule has 1 atom stereocenters. The highest BCUT2D eigenvalue weighted by atomic mass is 19.1. The standard InChI is InChI=1S/C16H17FO3/c1-4-20-15(18)16(2,17)13-7-5-12-10-14(19-3)8-6-11(12)9-13/h5-10H,4H2,1-3H3/t16-/m1/s1. The lowest BCUT2D eigenvalue weighted by molar-refractivity contribution is -0.156. The number of alkyl halides is 1. The number of esters is 1. The molecule has 0 aliphatic rings. The van der Waals surface area contributed by atoms with Gasteiger partial charge in [-0.2, -0.15) is 0 Å². The average molecular weight is 276 g/mol. The van der Waals surface area contributed by atoms with Crippen LogP contribution in [0.3, 0.4) is 0 Å². The van der Waals surface area contributed by atoms with Crippen LogP contribution in [0.1, 0.15) is 19.4 Å². The number of carbonyl (C=O) groups excluding carboxylic acids is 1. The Morgan fingerprint density at radius 1 is 1.20 bits per heavy atom. The quantitative estimate of drug-likeness (QED) is 0.800. The number of hydrogen-bond acceptors (Lipinski definition) is 3. The summed E-state index contributed by atoms with van der Waals surface area (Å²) in [5.41, 5.74) is -1.86. The fourth-order valence-corrected chi connectivity index (χ4v) is 2.03. The highest BCUT2D eigenvalue weighted by Crippen LogP contribution is 2.31. The summed E-state index contributed by atoms with van der Waals surface area (Å²) in [6, 6.07) is 10.5. The normalized spacial score (nSPS) is 13.8. The first-order valence-corrected chi connectivity index (χ1v) is 6.43. The van der Waals surface area contributed by atoms with Crippen molar-refractivity contribution < 1.29 is 18.7 Å². The minimum atomic E-state index is -2.15. The van der Waals surface area contributed by atoms with E-state index in [-0.39, 0.29) is 12.2 Å². The van der Waals surface area contributed by atoms with E-state index in [0.29, 0.717) is 0 Å². The van der Waals surface area contributed by atoms with Crippen LogP contribution in [0.15, 0.2) is 36.4 Å². The second-order valence-electron chi connectivity index (χ2n) is 4.65. The van der Waals surface area contributed by atoms with Gasteiger partial charge in [-0.25, -0.2) is 9.18 Å². The number of carbonyl (C=O) groups is 1. The Kier molecular flexibility index (Phi) is 3.93. The number of halogens is 1. The third kappa shape index (κ3) is 2.59. The molecule has 106 valence electrons. The van der Waals surface area contributed by atoms with Gasteiger partial charge in [0.25, 0.3) is 0 Å². The van der Waals surface area contributed by atoms with Crippen molar-refractivity contribution in [3.63, 3.8) is 0 Å². The maximum Gasteiger partial charge on any atom is 0.348 e. The van der Waals surface area contributed by atoms with Gasteiger partial charge in [0, 0.05) is 5.56 Å². The Bertz CT molecular complexity index is 635. The number of hydrogen-bond donors (Lipinski definition) is 0. The molecular formula is C16H17FO3. The van der Waals surface area contributed by atoms with Crippen molar-refractivity contribution in [3.05, 3.63) is 42.0 Å². The van der Waals surface area contributed by atoms with E-state index in [0.717, 1.165) is 16.5 Å². The second kappa shape index (κ2) is 5.49. The molecule has 2 aromatic rings. The van der Waals surface area contributed by atoms with Gasteiger partial charge in [-0.15, -0.1) is 0 Å². The van der Waals surface area contributed by atoms with E-state index in [2.05, 4.69) is 0 Å². The molecule has 2 aromatic carbocycles. The molecule has 0 bridgehead atoms. The summed E-state index contributed by atoms with van der Waals surface area (Å²) in [4.78, 5) is 11.7. The van der Waals surface area contributed by atoms with Crippen LogP contribution in [0.25, 0.3) is 10.8 Å². The topological polar surface area (TPSA) is 35.5 Å². The summed E-state index contributed by atoms with van der Waals surface area (Å²) in [6.45, 7) is 3.03. The molecule has 0 spiro atoms. The molecule has 20 heavy (non-hydrogen) atoms. The van der Waals surface area contributed by atoms with Gasteiger partial charge in [-0.05, 0) is 42.8 Å². The fraction of sp³-hybridized carbons (Fsp3) is 0.312. The van der Waals surface area contributed by atoms with Crippen LogP contribution in [0.2, 0.25) is 0 Å². The molecule has 0 N–H and O–H groups in total.